The lowest BCUT2D eigenvalue weighted by Crippen LogP contribution is -2.05. The Kier molecular flexibility index (Phi) is 2.88. The van der Waals surface area contributed by atoms with E-state index in [0.29, 0.717) is 6.54 Å². The molecule has 0 bridgehead atoms. The van der Waals surface area contributed by atoms with Gasteiger partial charge in [0.05, 0.1) is 0 Å². The van der Waals surface area contributed by atoms with E-state index in [9.17, 15) is 0 Å². The van der Waals surface area contributed by atoms with Gasteiger partial charge in [0, 0.05) is 11.6 Å². The number of halogens is 1. The van der Waals surface area contributed by atoms with Crippen LogP contribution >= 0.6 is 11.6 Å². The number of nitrogens with one attached hydrogen (secondary N) is 1. The molecule has 0 aliphatic carbocycles. The molecule has 0 aliphatic heterocycles. The van der Waals surface area contributed by atoms with E-state index in [1.165, 1.54) is 5.01 Å². The number of benzene rings is 1. The third-order valence-corrected chi connectivity index (χ3v) is 1.54. The summed E-state index contributed by atoms with van der Waals surface area (Å²) in [5, 5.41) is 2.09. The van der Waals surface area contributed by atoms with E-state index in [-0.39, 0.29) is 0 Å². The molecule has 11 heavy (non-hydrogen) atoms. The highest BCUT2D eigenvalue weighted by molar-refractivity contribution is 6.30. The van der Waals surface area contributed by atoms with Gasteiger partial charge >= 0.3 is 0 Å². The average molecular weight is 170 g/mol. The minimum atomic E-state index is 0.612. The van der Waals surface area contributed by atoms with Crippen LogP contribution < -0.4 is 0 Å². The molecule has 1 aromatic rings. The molecule has 1 rings (SSSR count). The van der Waals surface area contributed by atoms with Crippen LogP contribution in [0, 0.1) is 0 Å². The topological polar surface area (TPSA) is 27.0 Å². The van der Waals surface area contributed by atoms with Crippen molar-refractivity contribution in [1.82, 2.24) is 5.01 Å². The summed E-state index contributed by atoms with van der Waals surface area (Å²) < 4.78 is 0. The summed E-state index contributed by atoms with van der Waals surface area (Å²) in [5.74, 6) is 7.18. The molecule has 0 fully saturated rings. The molecule has 0 spiro atoms. The summed E-state index contributed by atoms with van der Waals surface area (Å²) in [7, 11) is 1.71. The molecule has 0 aliphatic rings. The molecular formula is C8H10ClN2-. The highest BCUT2D eigenvalue weighted by Crippen LogP contribution is 2.11. The Balaban J connectivity index is 2.71. The fourth-order valence-corrected chi connectivity index (χ4v) is 1.12. The standard InChI is InChI=1S/C8H10ClN2/c1-11(10)6-7-3-2-4-8(9)5-7/h2-5,10H,6H2,1H3/q-1. The van der Waals surface area contributed by atoms with E-state index in [1.54, 1.807) is 7.05 Å². The number of rotatable bonds is 2. The van der Waals surface area contributed by atoms with E-state index in [4.69, 9.17) is 17.4 Å². The maximum Gasteiger partial charge on any atom is 0.0409 e. The molecule has 3 heteroatoms. The zero-order chi connectivity index (χ0) is 8.27. The van der Waals surface area contributed by atoms with Crippen LogP contribution in [0.25, 0.3) is 5.84 Å². The van der Waals surface area contributed by atoms with Crippen molar-refractivity contribution in [1.29, 1.82) is 0 Å². The SMILES string of the molecule is CN([NH-])Cc1cccc(Cl)c1. The number of nitrogens with zero attached hydrogens (tertiary/aromatic N) is 1. The molecule has 0 atom stereocenters. The largest absolute Gasteiger partial charge is 0.610 e. The van der Waals surface area contributed by atoms with Crippen molar-refractivity contribution in [2.75, 3.05) is 7.05 Å². The van der Waals surface area contributed by atoms with Crippen molar-refractivity contribution in [3.8, 4) is 0 Å². The molecule has 0 heterocycles. The van der Waals surface area contributed by atoms with E-state index >= 15 is 0 Å². The minimum absolute atomic E-state index is 0.612. The Morgan fingerprint density at radius 2 is 2.27 bits per heavy atom. The molecule has 2 nitrogen and oxygen atoms in total. The van der Waals surface area contributed by atoms with E-state index in [2.05, 4.69) is 0 Å². The fourth-order valence-electron chi connectivity index (χ4n) is 0.909. The van der Waals surface area contributed by atoms with Crippen LogP contribution in [-0.2, 0) is 6.54 Å². The summed E-state index contributed by atoms with van der Waals surface area (Å²) >= 11 is 5.75. The van der Waals surface area contributed by atoms with Gasteiger partial charge in [0.25, 0.3) is 0 Å². The molecular weight excluding hydrogens is 160 g/mol. The van der Waals surface area contributed by atoms with Crippen LogP contribution in [0.2, 0.25) is 5.02 Å². The second kappa shape index (κ2) is 3.72. The summed E-state index contributed by atoms with van der Waals surface area (Å²) in [5.41, 5.74) is 1.06. The van der Waals surface area contributed by atoms with Gasteiger partial charge in [-0.05, 0) is 24.7 Å². The lowest BCUT2D eigenvalue weighted by Gasteiger charge is -2.19. The Bertz CT molecular complexity index is 235. The number of hydrogen-bond donors (Lipinski definition) is 0. The van der Waals surface area contributed by atoms with Gasteiger partial charge in [-0.25, -0.2) is 0 Å². The highest BCUT2D eigenvalue weighted by atomic mass is 35.5. The van der Waals surface area contributed by atoms with Crippen molar-refractivity contribution < 1.29 is 0 Å². The first-order valence-corrected chi connectivity index (χ1v) is 3.73. The van der Waals surface area contributed by atoms with Crippen molar-refractivity contribution in [3.05, 3.63) is 40.7 Å². The van der Waals surface area contributed by atoms with Crippen LogP contribution in [0.15, 0.2) is 24.3 Å². The third kappa shape index (κ3) is 2.89. The first-order valence-electron chi connectivity index (χ1n) is 3.35. The fraction of sp³-hybridized carbons (Fsp3) is 0.250. The van der Waals surface area contributed by atoms with Crippen molar-refractivity contribution in [2.45, 2.75) is 6.54 Å². The lowest BCUT2D eigenvalue weighted by molar-refractivity contribution is 0.453. The molecule has 0 saturated heterocycles. The smallest absolute Gasteiger partial charge is 0.0409 e. The average Bonchev–Trinajstić information content (AvgIpc) is 1.85. The molecule has 0 unspecified atom stereocenters. The van der Waals surface area contributed by atoms with Crippen LogP contribution in [-0.4, -0.2) is 12.1 Å². The van der Waals surface area contributed by atoms with Gasteiger partial charge in [0.2, 0.25) is 0 Å². The Morgan fingerprint density at radius 3 is 2.82 bits per heavy atom. The van der Waals surface area contributed by atoms with Gasteiger partial charge in [0.1, 0.15) is 0 Å². The maximum atomic E-state index is 7.18. The quantitative estimate of drug-likeness (QED) is 0.626. The molecule has 1 aromatic carbocycles. The zero-order valence-electron chi connectivity index (χ0n) is 6.34. The van der Waals surface area contributed by atoms with Crippen molar-refractivity contribution in [3.63, 3.8) is 0 Å². The second-order valence-corrected chi connectivity index (χ2v) is 2.92. The first-order chi connectivity index (χ1) is 5.18. The first kappa shape index (κ1) is 8.53. The van der Waals surface area contributed by atoms with Gasteiger partial charge in [0.15, 0.2) is 0 Å². The summed E-state index contributed by atoms with van der Waals surface area (Å²) in [6.07, 6.45) is 0. The zero-order valence-corrected chi connectivity index (χ0v) is 7.10. The second-order valence-electron chi connectivity index (χ2n) is 2.49. The van der Waals surface area contributed by atoms with Crippen molar-refractivity contribution >= 4 is 11.6 Å². The van der Waals surface area contributed by atoms with Crippen LogP contribution in [0.1, 0.15) is 5.56 Å². The monoisotopic (exact) mass is 169 g/mol. The van der Waals surface area contributed by atoms with Gasteiger partial charge in [-0.1, -0.05) is 23.7 Å². The molecule has 0 saturated carbocycles. The predicted octanol–water partition coefficient (Wildman–Crippen LogP) is 2.74. The van der Waals surface area contributed by atoms with E-state index in [1.807, 2.05) is 24.3 Å². The summed E-state index contributed by atoms with van der Waals surface area (Å²) in [4.78, 5) is 0. The third-order valence-electron chi connectivity index (χ3n) is 1.31. The minimum Gasteiger partial charge on any atom is -0.610 e. The van der Waals surface area contributed by atoms with E-state index in [0.717, 1.165) is 10.6 Å². The van der Waals surface area contributed by atoms with Crippen LogP contribution in [0.3, 0.4) is 0 Å². The number of hydrogen-bond acceptors (Lipinski definition) is 1. The maximum absolute atomic E-state index is 7.18. The Morgan fingerprint density at radius 1 is 1.55 bits per heavy atom. The molecule has 60 valence electrons. The lowest BCUT2D eigenvalue weighted by atomic mass is 10.2. The van der Waals surface area contributed by atoms with Crippen LogP contribution in [0.5, 0.6) is 0 Å². The normalized spacial score (nSPS) is 10.5. The van der Waals surface area contributed by atoms with Crippen molar-refractivity contribution in [2.24, 2.45) is 0 Å². The van der Waals surface area contributed by atoms with Gasteiger partial charge in [-0.3, -0.25) is 0 Å². The highest BCUT2D eigenvalue weighted by Gasteiger charge is 1.91. The van der Waals surface area contributed by atoms with Gasteiger partial charge in [-0.15, -0.1) is 0 Å². The summed E-state index contributed by atoms with van der Waals surface area (Å²) in [6.45, 7) is 0.612. The summed E-state index contributed by atoms with van der Waals surface area (Å²) in [6, 6.07) is 7.54. The van der Waals surface area contributed by atoms with Gasteiger partial charge < -0.3 is 10.9 Å². The molecule has 1 N–H and O–H groups in total. The molecule has 0 aromatic heterocycles. The van der Waals surface area contributed by atoms with Gasteiger partial charge in [-0.2, -0.15) is 0 Å². The predicted molar refractivity (Wildman–Crippen MR) is 47.2 cm³/mol. The molecule has 0 radical (unpaired) electrons. The van der Waals surface area contributed by atoms with Crippen LogP contribution in [0.4, 0.5) is 0 Å². The Hall–Kier alpha value is -0.570. The van der Waals surface area contributed by atoms with E-state index < -0.39 is 0 Å². The molecule has 0 amide bonds. The Labute approximate surface area is 71.5 Å².